The topological polar surface area (TPSA) is 71.3 Å². The minimum absolute atomic E-state index is 0.171. The number of carbonyl (C=O) groups excluding carboxylic acids is 1. The molecule has 3 rings (SSSR count). The molecule has 0 radical (unpaired) electrons. The van der Waals surface area contributed by atoms with Crippen molar-refractivity contribution in [3.05, 3.63) is 24.2 Å². The van der Waals surface area contributed by atoms with Crippen molar-refractivity contribution in [2.24, 2.45) is 0 Å². The molecule has 21 heavy (non-hydrogen) atoms. The van der Waals surface area contributed by atoms with Gasteiger partial charge < -0.3 is 10.6 Å². The van der Waals surface area contributed by atoms with Crippen molar-refractivity contribution >= 4 is 29.1 Å². The minimum atomic E-state index is -0.181. The van der Waals surface area contributed by atoms with E-state index in [1.165, 1.54) is 12.2 Å². The third-order valence-corrected chi connectivity index (χ3v) is 5.16. The molecule has 3 heterocycles. The number of thioether (sulfide) groups is 1. The maximum atomic E-state index is 12.0. The van der Waals surface area contributed by atoms with Crippen molar-refractivity contribution in [3.8, 4) is 0 Å². The van der Waals surface area contributed by atoms with Crippen LogP contribution in [-0.2, 0) is 0 Å². The van der Waals surface area contributed by atoms with Crippen LogP contribution in [0.15, 0.2) is 18.3 Å². The molecule has 0 unspecified atom stereocenters. The molecular formula is C14H19N5OS. The van der Waals surface area contributed by atoms with Crippen molar-refractivity contribution in [2.45, 2.75) is 31.4 Å². The normalized spacial score (nSPS) is 21.6. The van der Waals surface area contributed by atoms with E-state index < -0.39 is 0 Å². The predicted octanol–water partition coefficient (Wildman–Crippen LogP) is 2.44. The van der Waals surface area contributed by atoms with Gasteiger partial charge in [-0.15, -0.1) is 0 Å². The fourth-order valence-corrected chi connectivity index (χ4v) is 3.73. The van der Waals surface area contributed by atoms with Gasteiger partial charge in [0.2, 0.25) is 0 Å². The number of aromatic nitrogens is 3. The lowest BCUT2D eigenvalue weighted by atomic mass is 10.1. The summed E-state index contributed by atoms with van der Waals surface area (Å²) in [7, 11) is 0. The maximum Gasteiger partial charge on any atom is 0.319 e. The van der Waals surface area contributed by atoms with E-state index >= 15 is 0 Å². The van der Waals surface area contributed by atoms with Crippen LogP contribution >= 0.6 is 11.8 Å². The van der Waals surface area contributed by atoms with Gasteiger partial charge in [-0.05, 0) is 44.6 Å². The smallest absolute Gasteiger partial charge is 0.319 e. The van der Waals surface area contributed by atoms with Crippen LogP contribution in [0.5, 0.6) is 0 Å². The van der Waals surface area contributed by atoms with Crippen LogP contribution in [0.4, 0.5) is 10.5 Å². The first-order chi connectivity index (χ1) is 10.0. The zero-order valence-electron chi connectivity index (χ0n) is 12.2. The number of amides is 2. The van der Waals surface area contributed by atoms with Crippen molar-refractivity contribution in [3.63, 3.8) is 0 Å². The van der Waals surface area contributed by atoms with Gasteiger partial charge in [-0.2, -0.15) is 16.9 Å². The Labute approximate surface area is 127 Å². The molecule has 6 nitrogen and oxygen atoms in total. The molecular weight excluding hydrogens is 286 g/mol. The van der Waals surface area contributed by atoms with Crippen LogP contribution in [0.3, 0.4) is 0 Å². The van der Waals surface area contributed by atoms with Gasteiger partial charge in [0.05, 0.1) is 11.9 Å². The highest BCUT2D eigenvalue weighted by Crippen LogP contribution is 2.36. The van der Waals surface area contributed by atoms with Crippen molar-refractivity contribution in [1.82, 2.24) is 19.9 Å². The lowest BCUT2D eigenvalue weighted by molar-refractivity contribution is 0.251. The van der Waals surface area contributed by atoms with Gasteiger partial charge in [0.15, 0.2) is 5.65 Å². The average Bonchev–Trinajstić information content (AvgIpc) is 3.02. The number of nitrogens with zero attached hydrogens (tertiary/aromatic N) is 3. The molecule has 0 aromatic carbocycles. The number of pyridine rings is 1. The highest BCUT2D eigenvalue weighted by molar-refractivity contribution is 8.00. The Bertz CT molecular complexity index is 662. The number of nitrogens with one attached hydrogen (secondary N) is 2. The monoisotopic (exact) mass is 305 g/mol. The fourth-order valence-electron chi connectivity index (χ4n) is 2.49. The maximum absolute atomic E-state index is 12.0. The Kier molecular flexibility index (Phi) is 3.75. The third kappa shape index (κ3) is 3.29. The summed E-state index contributed by atoms with van der Waals surface area (Å²) in [6, 6.07) is 3.48. The van der Waals surface area contributed by atoms with E-state index in [4.69, 9.17) is 0 Å². The molecule has 0 bridgehead atoms. The number of anilines is 1. The average molecular weight is 305 g/mol. The Morgan fingerprint density at radius 3 is 3.14 bits per heavy atom. The van der Waals surface area contributed by atoms with Crippen LogP contribution in [0.25, 0.3) is 5.65 Å². The van der Waals surface area contributed by atoms with Gasteiger partial charge in [0.1, 0.15) is 5.82 Å². The molecule has 1 saturated heterocycles. The number of hydrogen-bond acceptors (Lipinski definition) is 4. The molecule has 1 aliphatic heterocycles. The summed E-state index contributed by atoms with van der Waals surface area (Å²) in [6.45, 7) is 4.73. The number of hydrogen-bond donors (Lipinski definition) is 2. The summed E-state index contributed by atoms with van der Waals surface area (Å²) < 4.78 is 1.84. The Morgan fingerprint density at radius 2 is 2.38 bits per heavy atom. The molecule has 112 valence electrons. The highest BCUT2D eigenvalue weighted by Gasteiger charge is 2.29. The first-order valence-electron chi connectivity index (χ1n) is 7.06. The van der Waals surface area contributed by atoms with Gasteiger partial charge in [0.25, 0.3) is 0 Å². The van der Waals surface area contributed by atoms with Gasteiger partial charge in [-0.25, -0.2) is 14.3 Å². The first kappa shape index (κ1) is 14.2. The van der Waals surface area contributed by atoms with E-state index in [0.29, 0.717) is 18.1 Å². The molecule has 2 aromatic rings. The summed E-state index contributed by atoms with van der Waals surface area (Å²) >= 11 is 1.93. The Hall–Kier alpha value is -1.76. The van der Waals surface area contributed by atoms with E-state index in [1.807, 2.05) is 30.8 Å². The molecule has 2 N–H and O–H groups in total. The van der Waals surface area contributed by atoms with Crippen LogP contribution in [0, 0.1) is 6.92 Å². The van der Waals surface area contributed by atoms with Gasteiger partial charge in [0, 0.05) is 11.3 Å². The number of carbonyl (C=O) groups is 1. The minimum Gasteiger partial charge on any atom is -0.336 e. The number of rotatable bonds is 3. The second-order valence-electron chi connectivity index (χ2n) is 5.59. The van der Waals surface area contributed by atoms with Crippen LogP contribution in [0.2, 0.25) is 0 Å². The van der Waals surface area contributed by atoms with E-state index in [2.05, 4.69) is 27.6 Å². The standard InChI is InChI=1S/C14H19N5OS/c1-10-16-12-5-4-11(8-19(12)18-10)17-13(20)15-9-14(2)6-3-7-21-14/h4-5,8H,3,6-7,9H2,1-2H3,(H2,15,17,20)/t14-/m0/s1. The van der Waals surface area contributed by atoms with Gasteiger partial charge >= 0.3 is 6.03 Å². The summed E-state index contributed by atoms with van der Waals surface area (Å²) in [5.41, 5.74) is 1.47. The molecule has 0 aliphatic carbocycles. The van der Waals surface area contributed by atoms with E-state index in [0.717, 1.165) is 12.1 Å². The molecule has 0 spiro atoms. The number of urea groups is 1. The molecule has 1 aliphatic rings. The van der Waals surface area contributed by atoms with E-state index in [1.54, 1.807) is 10.7 Å². The van der Waals surface area contributed by atoms with Crippen LogP contribution < -0.4 is 10.6 Å². The first-order valence-corrected chi connectivity index (χ1v) is 8.05. The zero-order chi connectivity index (χ0) is 14.9. The molecule has 2 amide bonds. The van der Waals surface area contributed by atoms with Gasteiger partial charge in [-0.3, -0.25) is 0 Å². The number of fused-ring (bicyclic) bond motifs is 1. The summed E-state index contributed by atoms with van der Waals surface area (Å²) in [4.78, 5) is 16.2. The highest BCUT2D eigenvalue weighted by atomic mass is 32.2. The zero-order valence-corrected chi connectivity index (χ0v) is 13.0. The van der Waals surface area contributed by atoms with Crippen LogP contribution in [0.1, 0.15) is 25.6 Å². The largest absolute Gasteiger partial charge is 0.336 e. The molecule has 2 aromatic heterocycles. The van der Waals surface area contributed by atoms with Crippen molar-refractivity contribution < 1.29 is 4.79 Å². The van der Waals surface area contributed by atoms with Gasteiger partial charge in [-0.1, -0.05) is 0 Å². The molecule has 1 atom stereocenters. The van der Waals surface area contributed by atoms with Crippen LogP contribution in [-0.4, -0.2) is 37.7 Å². The number of aryl methyl sites for hydroxylation is 1. The molecule has 0 saturated carbocycles. The second kappa shape index (κ2) is 5.55. The quantitative estimate of drug-likeness (QED) is 0.913. The SMILES string of the molecule is Cc1nc2ccc(NC(=O)NC[C@]3(C)CCCS3)cn2n1. The molecule has 7 heteroatoms. The Morgan fingerprint density at radius 1 is 1.52 bits per heavy atom. The van der Waals surface area contributed by atoms with E-state index in [-0.39, 0.29) is 10.8 Å². The summed E-state index contributed by atoms with van der Waals surface area (Å²) in [5, 5.41) is 10.0. The summed E-state index contributed by atoms with van der Waals surface area (Å²) in [6.07, 6.45) is 4.15. The van der Waals surface area contributed by atoms with Crippen molar-refractivity contribution in [2.75, 3.05) is 17.6 Å². The third-order valence-electron chi connectivity index (χ3n) is 3.62. The van der Waals surface area contributed by atoms with E-state index in [9.17, 15) is 4.79 Å². The van der Waals surface area contributed by atoms with Crippen molar-refractivity contribution in [1.29, 1.82) is 0 Å². The predicted molar refractivity (Wildman–Crippen MR) is 84.8 cm³/mol. The lowest BCUT2D eigenvalue weighted by Gasteiger charge is -2.22. The molecule has 1 fully saturated rings. The Balaban J connectivity index is 1.60. The fraction of sp³-hybridized carbons (Fsp3) is 0.500. The lowest BCUT2D eigenvalue weighted by Crippen LogP contribution is -2.39. The summed E-state index contributed by atoms with van der Waals surface area (Å²) in [5.74, 6) is 1.89. The second-order valence-corrected chi connectivity index (χ2v) is 7.27.